The van der Waals surface area contributed by atoms with Crippen LogP contribution in [0.1, 0.15) is 18.4 Å². The zero-order valence-corrected chi connectivity index (χ0v) is 8.74. The van der Waals surface area contributed by atoms with Crippen LogP contribution in [0.4, 0.5) is 5.69 Å². The summed E-state index contributed by atoms with van der Waals surface area (Å²) in [6.07, 6.45) is 3.74. The van der Waals surface area contributed by atoms with Crippen LogP contribution in [0.15, 0.2) is 24.3 Å². The van der Waals surface area contributed by atoms with E-state index in [9.17, 15) is 0 Å². The molecular weight excluding hydrogens is 172 g/mol. The van der Waals surface area contributed by atoms with E-state index in [-0.39, 0.29) is 0 Å². The lowest BCUT2D eigenvalue weighted by Crippen LogP contribution is -2.27. The molecule has 2 nitrogen and oxygen atoms in total. The number of hydrogen-bond acceptors (Lipinski definition) is 2. The third-order valence-corrected chi connectivity index (χ3v) is 3.18. The molecule has 1 saturated heterocycles. The van der Waals surface area contributed by atoms with Gasteiger partial charge in [0.25, 0.3) is 0 Å². The lowest BCUT2D eigenvalue weighted by atomic mass is 10.0. The van der Waals surface area contributed by atoms with Gasteiger partial charge >= 0.3 is 0 Å². The molecule has 0 aliphatic carbocycles. The van der Waals surface area contributed by atoms with Crippen molar-refractivity contribution in [3.63, 3.8) is 0 Å². The Balaban J connectivity index is 2.07. The van der Waals surface area contributed by atoms with Crippen LogP contribution in [0.3, 0.4) is 0 Å². The Morgan fingerprint density at radius 3 is 2.86 bits per heavy atom. The largest absolute Gasteiger partial charge is 0.399 e. The fourth-order valence-corrected chi connectivity index (χ4v) is 2.21. The fourth-order valence-electron chi connectivity index (χ4n) is 2.21. The minimum Gasteiger partial charge on any atom is -0.399 e. The zero-order valence-electron chi connectivity index (χ0n) is 8.74. The maximum absolute atomic E-state index is 5.93. The smallest absolute Gasteiger partial charge is 0.0347 e. The summed E-state index contributed by atoms with van der Waals surface area (Å²) in [5.74, 6) is 0. The van der Waals surface area contributed by atoms with Gasteiger partial charge in [0, 0.05) is 11.7 Å². The molecule has 1 heterocycles. The number of hydrogen-bond donors (Lipinski definition) is 1. The second-order valence-corrected chi connectivity index (χ2v) is 4.18. The Labute approximate surface area is 85.7 Å². The van der Waals surface area contributed by atoms with Crippen molar-refractivity contribution in [2.24, 2.45) is 0 Å². The molecule has 1 aromatic rings. The normalized spacial score (nSPS) is 22.8. The summed E-state index contributed by atoms with van der Waals surface area (Å²) in [5, 5.41) is 0. The van der Waals surface area contributed by atoms with Crippen LogP contribution in [0, 0.1) is 0 Å². The molecule has 0 radical (unpaired) electrons. The van der Waals surface area contributed by atoms with Crippen LogP contribution in [-0.4, -0.2) is 24.5 Å². The van der Waals surface area contributed by atoms with Gasteiger partial charge in [-0.15, -0.1) is 0 Å². The third kappa shape index (κ3) is 1.90. The molecule has 14 heavy (non-hydrogen) atoms. The standard InChI is InChI=1S/C12H18N2/c1-14-8-4-6-11(14)9-10-5-2-3-7-12(10)13/h2-3,5,7,11H,4,6,8-9,13H2,1H3. The van der Waals surface area contributed by atoms with Crippen molar-refractivity contribution >= 4 is 5.69 Å². The van der Waals surface area contributed by atoms with E-state index >= 15 is 0 Å². The molecule has 0 aromatic heterocycles. The Morgan fingerprint density at radius 2 is 2.21 bits per heavy atom. The summed E-state index contributed by atoms with van der Waals surface area (Å²) in [7, 11) is 2.21. The number of nitrogens with two attached hydrogens (primary N) is 1. The average molecular weight is 190 g/mol. The van der Waals surface area contributed by atoms with Crippen molar-refractivity contribution in [3.05, 3.63) is 29.8 Å². The quantitative estimate of drug-likeness (QED) is 0.722. The van der Waals surface area contributed by atoms with Crippen LogP contribution in [0.5, 0.6) is 0 Å². The maximum atomic E-state index is 5.93. The molecule has 2 heteroatoms. The molecule has 0 saturated carbocycles. The summed E-state index contributed by atoms with van der Waals surface area (Å²) in [6.45, 7) is 1.23. The number of rotatable bonds is 2. The van der Waals surface area contributed by atoms with Gasteiger partial charge in [0.05, 0.1) is 0 Å². The number of anilines is 1. The maximum Gasteiger partial charge on any atom is 0.0347 e. The SMILES string of the molecule is CN1CCCC1Cc1ccccc1N. The first kappa shape index (κ1) is 9.53. The fraction of sp³-hybridized carbons (Fsp3) is 0.500. The number of nitrogen functional groups attached to an aromatic ring is 1. The average Bonchev–Trinajstić information content (AvgIpc) is 2.56. The Hall–Kier alpha value is -1.02. The molecule has 0 amide bonds. The molecule has 0 spiro atoms. The second-order valence-electron chi connectivity index (χ2n) is 4.18. The third-order valence-electron chi connectivity index (χ3n) is 3.18. The Kier molecular flexibility index (Phi) is 2.73. The second kappa shape index (κ2) is 4.01. The minimum atomic E-state index is 0.694. The Bertz CT molecular complexity index is 309. The van der Waals surface area contributed by atoms with Crippen molar-refractivity contribution in [3.8, 4) is 0 Å². The minimum absolute atomic E-state index is 0.694. The summed E-state index contributed by atoms with van der Waals surface area (Å²) >= 11 is 0. The van der Waals surface area contributed by atoms with E-state index in [1.54, 1.807) is 0 Å². The molecule has 2 rings (SSSR count). The van der Waals surface area contributed by atoms with Crippen LogP contribution in [-0.2, 0) is 6.42 Å². The molecule has 76 valence electrons. The number of likely N-dealkylation sites (N-methyl/N-ethyl adjacent to an activating group) is 1. The Morgan fingerprint density at radius 1 is 1.43 bits per heavy atom. The molecule has 1 fully saturated rings. The highest BCUT2D eigenvalue weighted by atomic mass is 15.1. The van der Waals surface area contributed by atoms with Gasteiger partial charge < -0.3 is 10.6 Å². The molecule has 2 N–H and O–H groups in total. The van der Waals surface area contributed by atoms with E-state index in [1.807, 2.05) is 12.1 Å². The lowest BCUT2D eigenvalue weighted by Gasteiger charge is -2.19. The van der Waals surface area contributed by atoms with E-state index in [1.165, 1.54) is 24.9 Å². The van der Waals surface area contributed by atoms with Gasteiger partial charge in [-0.1, -0.05) is 18.2 Å². The van der Waals surface area contributed by atoms with E-state index in [2.05, 4.69) is 24.1 Å². The molecule has 1 aliphatic heterocycles. The first-order valence-electron chi connectivity index (χ1n) is 5.31. The molecule has 1 unspecified atom stereocenters. The van der Waals surface area contributed by atoms with E-state index in [0.29, 0.717) is 6.04 Å². The predicted octanol–water partition coefficient (Wildman–Crippen LogP) is 1.91. The van der Waals surface area contributed by atoms with Crippen LogP contribution in [0.25, 0.3) is 0 Å². The number of likely N-dealkylation sites (tertiary alicyclic amines) is 1. The lowest BCUT2D eigenvalue weighted by molar-refractivity contribution is 0.309. The number of benzene rings is 1. The monoisotopic (exact) mass is 190 g/mol. The molecule has 1 aromatic carbocycles. The number of nitrogens with zero attached hydrogens (tertiary/aromatic N) is 1. The van der Waals surface area contributed by atoms with Crippen molar-refractivity contribution in [1.82, 2.24) is 4.90 Å². The van der Waals surface area contributed by atoms with Crippen LogP contribution < -0.4 is 5.73 Å². The summed E-state index contributed by atoms with van der Waals surface area (Å²) < 4.78 is 0. The van der Waals surface area contributed by atoms with Crippen LogP contribution in [0.2, 0.25) is 0 Å². The van der Waals surface area contributed by atoms with E-state index in [0.717, 1.165) is 12.1 Å². The van der Waals surface area contributed by atoms with Gasteiger partial charge in [0.15, 0.2) is 0 Å². The van der Waals surface area contributed by atoms with Crippen molar-refractivity contribution in [2.45, 2.75) is 25.3 Å². The zero-order chi connectivity index (χ0) is 9.97. The van der Waals surface area contributed by atoms with Gasteiger partial charge in [-0.05, 0) is 44.5 Å². The van der Waals surface area contributed by atoms with Crippen LogP contribution >= 0.6 is 0 Å². The molecule has 0 bridgehead atoms. The summed E-state index contributed by atoms with van der Waals surface area (Å²) in [4.78, 5) is 2.44. The van der Waals surface area contributed by atoms with Gasteiger partial charge in [0.1, 0.15) is 0 Å². The topological polar surface area (TPSA) is 29.3 Å². The van der Waals surface area contributed by atoms with Gasteiger partial charge in [-0.2, -0.15) is 0 Å². The summed E-state index contributed by atoms with van der Waals surface area (Å²) in [6, 6.07) is 8.89. The highest BCUT2D eigenvalue weighted by Crippen LogP contribution is 2.21. The summed E-state index contributed by atoms with van der Waals surface area (Å²) in [5.41, 5.74) is 8.16. The highest BCUT2D eigenvalue weighted by molar-refractivity contribution is 5.46. The first-order chi connectivity index (χ1) is 6.77. The van der Waals surface area contributed by atoms with Crippen molar-refractivity contribution < 1.29 is 0 Å². The first-order valence-corrected chi connectivity index (χ1v) is 5.31. The van der Waals surface area contributed by atoms with Gasteiger partial charge in [-0.25, -0.2) is 0 Å². The van der Waals surface area contributed by atoms with E-state index < -0.39 is 0 Å². The predicted molar refractivity (Wildman–Crippen MR) is 60.2 cm³/mol. The molecule has 1 aliphatic rings. The number of para-hydroxylation sites is 1. The van der Waals surface area contributed by atoms with Gasteiger partial charge in [0.2, 0.25) is 0 Å². The van der Waals surface area contributed by atoms with Crippen molar-refractivity contribution in [1.29, 1.82) is 0 Å². The van der Waals surface area contributed by atoms with E-state index in [4.69, 9.17) is 5.73 Å². The molecule has 1 atom stereocenters. The molecular formula is C12H18N2. The van der Waals surface area contributed by atoms with Gasteiger partial charge in [-0.3, -0.25) is 0 Å². The van der Waals surface area contributed by atoms with Crippen molar-refractivity contribution in [2.75, 3.05) is 19.3 Å². The highest BCUT2D eigenvalue weighted by Gasteiger charge is 2.21.